The van der Waals surface area contributed by atoms with Crippen molar-refractivity contribution in [1.82, 2.24) is 5.01 Å². The number of nitrogens with zero attached hydrogens (tertiary/aromatic N) is 3. The smallest absolute Gasteiger partial charge is 0.283 e. The minimum atomic E-state index is -0.462. The van der Waals surface area contributed by atoms with Crippen LogP contribution in [0.1, 0.15) is 16.7 Å². The first-order valence-electron chi connectivity index (χ1n) is 10.0. The lowest BCUT2D eigenvalue weighted by Crippen LogP contribution is -2.35. The lowest BCUT2D eigenvalue weighted by molar-refractivity contribution is -0.114. The predicted molar refractivity (Wildman–Crippen MR) is 128 cm³/mol. The number of thioether (sulfide) groups is 1. The Labute approximate surface area is 189 Å². The van der Waals surface area contributed by atoms with Crippen molar-refractivity contribution in [3.8, 4) is 5.75 Å². The average Bonchev–Trinajstić information content (AvgIpc) is 3.26. The summed E-state index contributed by atoms with van der Waals surface area (Å²) in [6, 6.07) is 26.9. The third kappa shape index (κ3) is 3.98. The molecule has 0 bridgehead atoms. The number of amides is 1. The molecule has 3 aromatic rings. The van der Waals surface area contributed by atoms with E-state index in [1.807, 2.05) is 84.9 Å². The number of ether oxygens (including phenoxy) is 1. The van der Waals surface area contributed by atoms with Crippen LogP contribution in [-0.2, 0) is 11.4 Å². The van der Waals surface area contributed by atoms with Gasteiger partial charge in [-0.3, -0.25) is 10.2 Å². The van der Waals surface area contributed by atoms with Gasteiger partial charge in [-0.2, -0.15) is 15.1 Å². The van der Waals surface area contributed by atoms with Crippen LogP contribution in [0, 0.1) is 5.41 Å². The van der Waals surface area contributed by atoms with Crippen LogP contribution in [0.25, 0.3) is 6.08 Å². The van der Waals surface area contributed by atoms with Crippen LogP contribution >= 0.6 is 11.8 Å². The molecule has 2 heterocycles. The van der Waals surface area contributed by atoms with E-state index in [-0.39, 0.29) is 11.4 Å². The Bertz CT molecular complexity index is 1280. The highest BCUT2D eigenvalue weighted by Gasteiger charge is 2.36. The number of hydrazone groups is 1. The molecule has 0 aromatic heterocycles. The first kappa shape index (κ1) is 20.0. The number of aliphatic imine (C=N–C) groups is 1. The topological polar surface area (TPSA) is 78.1 Å². The Hall–Kier alpha value is -3.97. The number of carbonyl (C=O) groups is 1. The fourth-order valence-corrected chi connectivity index (χ4v) is 4.21. The largest absolute Gasteiger partial charge is 0.488 e. The lowest BCUT2D eigenvalue weighted by Gasteiger charge is -2.20. The van der Waals surface area contributed by atoms with Gasteiger partial charge in [-0.1, -0.05) is 78.9 Å². The van der Waals surface area contributed by atoms with Gasteiger partial charge in [0.15, 0.2) is 5.84 Å². The molecular formula is C25H18N4O2S. The number of hydrogen-bond acceptors (Lipinski definition) is 5. The highest BCUT2D eigenvalue weighted by atomic mass is 32.2. The molecule has 5 rings (SSSR count). The van der Waals surface area contributed by atoms with Gasteiger partial charge in [0.1, 0.15) is 17.4 Å². The SMILES string of the molecule is N=C1/C(=C/c2ccccc2OCc2ccccc2)C(=O)N=C2SC(c3ccccc3)=NN12. The van der Waals surface area contributed by atoms with Gasteiger partial charge in [-0.15, -0.1) is 0 Å². The molecule has 7 heteroatoms. The maximum Gasteiger partial charge on any atom is 0.283 e. The van der Waals surface area contributed by atoms with Crippen LogP contribution in [0.15, 0.2) is 101 Å². The summed E-state index contributed by atoms with van der Waals surface area (Å²) >= 11 is 1.28. The molecule has 0 unspecified atom stereocenters. The van der Waals surface area contributed by atoms with Crippen molar-refractivity contribution < 1.29 is 9.53 Å². The van der Waals surface area contributed by atoms with E-state index in [4.69, 9.17) is 10.1 Å². The number of amidine groups is 2. The fraction of sp³-hybridized carbons (Fsp3) is 0.0400. The zero-order chi connectivity index (χ0) is 21.9. The molecular weight excluding hydrogens is 420 g/mol. The molecule has 2 aliphatic heterocycles. The van der Waals surface area contributed by atoms with E-state index < -0.39 is 5.91 Å². The molecule has 0 atom stereocenters. The summed E-state index contributed by atoms with van der Waals surface area (Å²) in [6.45, 7) is 0.405. The fourth-order valence-electron chi connectivity index (χ4n) is 3.31. The van der Waals surface area contributed by atoms with E-state index in [1.54, 1.807) is 6.08 Å². The molecule has 1 amide bonds. The monoisotopic (exact) mass is 438 g/mol. The van der Waals surface area contributed by atoms with E-state index in [0.29, 0.717) is 28.1 Å². The number of hydrogen-bond donors (Lipinski definition) is 1. The second kappa shape index (κ2) is 8.64. The normalized spacial score (nSPS) is 16.6. The summed E-state index contributed by atoms with van der Waals surface area (Å²) in [5.41, 5.74) is 2.83. The van der Waals surface area contributed by atoms with Crippen molar-refractivity contribution in [1.29, 1.82) is 5.41 Å². The third-order valence-electron chi connectivity index (χ3n) is 4.93. The lowest BCUT2D eigenvalue weighted by atomic mass is 10.1. The zero-order valence-electron chi connectivity index (χ0n) is 16.9. The molecule has 0 radical (unpaired) electrons. The molecule has 3 aromatic carbocycles. The van der Waals surface area contributed by atoms with Crippen LogP contribution in [0.2, 0.25) is 0 Å². The number of benzene rings is 3. The van der Waals surface area contributed by atoms with Gasteiger partial charge in [-0.25, -0.2) is 0 Å². The number of fused-ring (bicyclic) bond motifs is 1. The molecule has 156 valence electrons. The van der Waals surface area contributed by atoms with Crippen LogP contribution in [0.5, 0.6) is 5.75 Å². The molecule has 32 heavy (non-hydrogen) atoms. The van der Waals surface area contributed by atoms with Crippen molar-refractivity contribution in [2.45, 2.75) is 6.61 Å². The Balaban J connectivity index is 1.42. The number of nitrogens with one attached hydrogen (secondary N) is 1. The third-order valence-corrected chi connectivity index (χ3v) is 5.89. The molecule has 1 N–H and O–H groups in total. The maximum atomic E-state index is 12.8. The van der Waals surface area contributed by atoms with Crippen LogP contribution in [-0.4, -0.2) is 27.0 Å². The maximum absolute atomic E-state index is 12.8. The second-order valence-corrected chi connectivity index (χ2v) is 8.06. The summed E-state index contributed by atoms with van der Waals surface area (Å²) in [5.74, 6) is 0.163. The molecule has 0 saturated heterocycles. The number of para-hydroxylation sites is 1. The number of carbonyl (C=O) groups excluding carboxylic acids is 1. The molecule has 2 aliphatic rings. The van der Waals surface area contributed by atoms with Crippen molar-refractivity contribution in [2.24, 2.45) is 10.1 Å². The molecule has 0 aliphatic carbocycles. The summed E-state index contributed by atoms with van der Waals surface area (Å²) in [4.78, 5) is 16.9. The predicted octanol–water partition coefficient (Wildman–Crippen LogP) is 4.93. The van der Waals surface area contributed by atoms with Crippen molar-refractivity contribution >= 4 is 39.8 Å². The van der Waals surface area contributed by atoms with Gasteiger partial charge in [0.25, 0.3) is 5.91 Å². The summed E-state index contributed by atoms with van der Waals surface area (Å²) in [5, 5.41) is 15.6. The Morgan fingerprint density at radius 3 is 2.41 bits per heavy atom. The molecule has 0 saturated carbocycles. The van der Waals surface area contributed by atoms with Gasteiger partial charge in [0.05, 0.1) is 5.57 Å². The van der Waals surface area contributed by atoms with Gasteiger partial charge >= 0.3 is 0 Å². The first-order valence-corrected chi connectivity index (χ1v) is 10.8. The highest BCUT2D eigenvalue weighted by Crippen LogP contribution is 2.32. The summed E-state index contributed by atoms with van der Waals surface area (Å²) in [6.07, 6.45) is 1.64. The van der Waals surface area contributed by atoms with Gasteiger partial charge in [0.2, 0.25) is 5.17 Å². The van der Waals surface area contributed by atoms with E-state index in [0.717, 1.165) is 11.1 Å². The Kier molecular flexibility index (Phi) is 5.39. The minimum absolute atomic E-state index is 0.00343. The van der Waals surface area contributed by atoms with Crippen LogP contribution < -0.4 is 4.74 Å². The Morgan fingerprint density at radius 2 is 1.62 bits per heavy atom. The molecule has 0 spiro atoms. The van der Waals surface area contributed by atoms with Crippen molar-refractivity contribution in [2.75, 3.05) is 0 Å². The van der Waals surface area contributed by atoms with Gasteiger partial charge in [-0.05, 0) is 29.5 Å². The first-order chi connectivity index (χ1) is 15.7. The quantitative estimate of drug-likeness (QED) is 0.573. The summed E-state index contributed by atoms with van der Waals surface area (Å²) in [7, 11) is 0. The second-order valence-electron chi connectivity index (χ2n) is 7.10. The van der Waals surface area contributed by atoms with Crippen LogP contribution in [0.3, 0.4) is 0 Å². The highest BCUT2D eigenvalue weighted by molar-refractivity contribution is 8.27. The summed E-state index contributed by atoms with van der Waals surface area (Å²) < 4.78 is 5.99. The van der Waals surface area contributed by atoms with Crippen LogP contribution in [0.4, 0.5) is 0 Å². The Morgan fingerprint density at radius 1 is 0.938 bits per heavy atom. The van der Waals surface area contributed by atoms with Gasteiger partial charge in [0, 0.05) is 11.1 Å². The van der Waals surface area contributed by atoms with E-state index in [1.165, 1.54) is 16.8 Å². The van der Waals surface area contributed by atoms with Crippen molar-refractivity contribution in [3.63, 3.8) is 0 Å². The van der Waals surface area contributed by atoms with E-state index in [9.17, 15) is 4.79 Å². The molecule has 0 fully saturated rings. The minimum Gasteiger partial charge on any atom is -0.488 e. The molecule has 6 nitrogen and oxygen atoms in total. The zero-order valence-corrected chi connectivity index (χ0v) is 17.8. The van der Waals surface area contributed by atoms with E-state index >= 15 is 0 Å². The van der Waals surface area contributed by atoms with Gasteiger partial charge < -0.3 is 4.74 Å². The standard InChI is InChI=1S/C25H18N4O2S/c26-22-20(15-19-13-7-8-14-21(19)31-16-17-9-3-1-4-10-17)23(30)27-25-29(22)28-24(32-25)18-11-5-2-6-12-18/h1-15,26H,16H2/b20-15-,26-22?. The van der Waals surface area contributed by atoms with E-state index in [2.05, 4.69) is 10.1 Å². The number of rotatable bonds is 5. The average molecular weight is 439 g/mol. The van der Waals surface area contributed by atoms with Crippen molar-refractivity contribution in [3.05, 3.63) is 107 Å².